The number of aromatic nitrogens is 3. The molecule has 6 nitrogen and oxygen atoms in total. The molecule has 1 saturated heterocycles. The van der Waals surface area contributed by atoms with Gasteiger partial charge in [0.1, 0.15) is 11.6 Å². The number of rotatable bonds is 2. The maximum Gasteiger partial charge on any atom is 0.321 e. The van der Waals surface area contributed by atoms with E-state index in [4.69, 9.17) is 0 Å². The molecule has 2 aromatic rings. The Hall–Kier alpha value is -2.37. The molecule has 1 aromatic heterocycles. The highest BCUT2D eigenvalue weighted by Crippen LogP contribution is 2.28. The number of amides is 2. The van der Waals surface area contributed by atoms with Gasteiger partial charge in [0.25, 0.3) is 0 Å². The van der Waals surface area contributed by atoms with Crippen LogP contribution in [0.2, 0.25) is 0 Å². The van der Waals surface area contributed by atoms with Crippen LogP contribution in [0.3, 0.4) is 0 Å². The zero-order valence-corrected chi connectivity index (χ0v) is 15.4. The summed E-state index contributed by atoms with van der Waals surface area (Å²) in [6.07, 6.45) is 6.77. The topological polar surface area (TPSA) is 63.1 Å². The van der Waals surface area contributed by atoms with E-state index >= 15 is 0 Å². The van der Waals surface area contributed by atoms with Crippen LogP contribution in [0.4, 0.5) is 10.5 Å². The predicted molar refractivity (Wildman–Crippen MR) is 101 cm³/mol. The van der Waals surface area contributed by atoms with Gasteiger partial charge in [0, 0.05) is 37.7 Å². The molecule has 0 unspecified atom stereocenters. The third-order valence-electron chi connectivity index (χ3n) is 5.48. The molecule has 1 N–H and O–H groups in total. The summed E-state index contributed by atoms with van der Waals surface area (Å²) in [6.45, 7) is 4.57. The maximum absolute atomic E-state index is 12.7. The minimum Gasteiger partial charge on any atom is -0.324 e. The fraction of sp³-hybridized carbons (Fsp3) is 0.550. The van der Waals surface area contributed by atoms with E-state index in [1.165, 1.54) is 19.3 Å². The summed E-state index contributed by atoms with van der Waals surface area (Å²) in [7, 11) is 0. The van der Waals surface area contributed by atoms with Crippen molar-refractivity contribution in [2.45, 2.75) is 57.9 Å². The van der Waals surface area contributed by atoms with Crippen LogP contribution in [-0.4, -0.2) is 38.8 Å². The number of benzene rings is 1. The van der Waals surface area contributed by atoms with Gasteiger partial charge in [0.2, 0.25) is 0 Å². The maximum atomic E-state index is 12.7. The van der Waals surface area contributed by atoms with E-state index in [9.17, 15) is 4.79 Å². The molecule has 0 radical (unpaired) electrons. The first-order chi connectivity index (χ1) is 12.7. The molecule has 0 bridgehead atoms. The minimum absolute atomic E-state index is 0.0177. The van der Waals surface area contributed by atoms with Crippen LogP contribution in [0, 0.1) is 6.92 Å². The van der Waals surface area contributed by atoms with Gasteiger partial charge in [-0.2, -0.15) is 0 Å². The Kier molecular flexibility index (Phi) is 4.91. The van der Waals surface area contributed by atoms with Crippen molar-refractivity contribution < 1.29 is 4.79 Å². The summed E-state index contributed by atoms with van der Waals surface area (Å²) in [6, 6.07) is 7.91. The van der Waals surface area contributed by atoms with Crippen molar-refractivity contribution >= 4 is 11.7 Å². The number of hydrogen-bond donors (Lipinski definition) is 1. The summed E-state index contributed by atoms with van der Waals surface area (Å²) < 4.78 is 2.32. The molecular weight excluding hydrogens is 326 g/mol. The third kappa shape index (κ3) is 3.59. The van der Waals surface area contributed by atoms with Gasteiger partial charge in [-0.15, -0.1) is 10.2 Å². The number of aryl methyl sites for hydroxylation is 2. The highest BCUT2D eigenvalue weighted by Gasteiger charge is 2.29. The molecule has 1 fully saturated rings. The van der Waals surface area contributed by atoms with Gasteiger partial charge in [-0.05, 0) is 50.3 Å². The number of nitrogens with zero attached hydrogens (tertiary/aromatic N) is 4. The molecule has 0 aliphatic carbocycles. The lowest BCUT2D eigenvalue weighted by Crippen LogP contribution is -2.42. The van der Waals surface area contributed by atoms with Gasteiger partial charge in [0.15, 0.2) is 0 Å². The van der Waals surface area contributed by atoms with E-state index in [0.717, 1.165) is 61.8 Å². The average molecular weight is 353 g/mol. The number of carbonyl (C=O) groups excluding carboxylic acids is 1. The van der Waals surface area contributed by atoms with Crippen molar-refractivity contribution in [3.05, 3.63) is 41.5 Å². The number of hydrogen-bond acceptors (Lipinski definition) is 3. The molecule has 0 saturated carbocycles. The SMILES string of the molecule is Cc1cccc(NC(=O)N2CCC[C@@H](c3nnc4n3CCCCC4)C2)c1. The van der Waals surface area contributed by atoms with Crippen molar-refractivity contribution in [1.29, 1.82) is 0 Å². The second-order valence-electron chi connectivity index (χ2n) is 7.52. The van der Waals surface area contributed by atoms with Crippen molar-refractivity contribution in [3.63, 3.8) is 0 Å². The van der Waals surface area contributed by atoms with E-state index in [0.29, 0.717) is 0 Å². The largest absolute Gasteiger partial charge is 0.324 e. The highest BCUT2D eigenvalue weighted by atomic mass is 16.2. The standard InChI is InChI=1S/C20H27N5O/c1-15-7-5-9-17(13-15)21-20(26)24-11-6-8-16(14-24)19-23-22-18-10-3-2-4-12-25(18)19/h5,7,9,13,16H,2-4,6,8,10-12,14H2,1H3,(H,21,26)/t16-/m1/s1. The number of likely N-dealkylation sites (tertiary alicyclic amines) is 1. The molecule has 1 atom stereocenters. The first kappa shape index (κ1) is 17.1. The Bertz CT molecular complexity index is 784. The molecule has 2 aliphatic rings. The van der Waals surface area contributed by atoms with Gasteiger partial charge in [-0.1, -0.05) is 18.6 Å². The van der Waals surface area contributed by atoms with Crippen LogP contribution >= 0.6 is 0 Å². The molecule has 6 heteroatoms. The minimum atomic E-state index is -0.0177. The summed E-state index contributed by atoms with van der Waals surface area (Å²) >= 11 is 0. The smallest absolute Gasteiger partial charge is 0.321 e. The normalized spacial score (nSPS) is 20.3. The Morgan fingerprint density at radius 3 is 2.96 bits per heavy atom. The lowest BCUT2D eigenvalue weighted by atomic mass is 9.97. The number of piperidine rings is 1. The van der Waals surface area contributed by atoms with Gasteiger partial charge in [-0.25, -0.2) is 4.79 Å². The molecule has 26 heavy (non-hydrogen) atoms. The lowest BCUT2D eigenvalue weighted by molar-refractivity contribution is 0.190. The summed E-state index contributed by atoms with van der Waals surface area (Å²) in [5.74, 6) is 2.49. The van der Waals surface area contributed by atoms with E-state index in [2.05, 4.69) is 20.1 Å². The molecule has 3 heterocycles. The number of fused-ring (bicyclic) bond motifs is 1. The number of urea groups is 1. The van der Waals surface area contributed by atoms with E-state index in [1.807, 2.05) is 36.1 Å². The molecule has 138 valence electrons. The Morgan fingerprint density at radius 1 is 1.15 bits per heavy atom. The first-order valence-corrected chi connectivity index (χ1v) is 9.75. The van der Waals surface area contributed by atoms with Crippen LogP contribution in [0.15, 0.2) is 24.3 Å². The second-order valence-corrected chi connectivity index (χ2v) is 7.52. The number of nitrogens with one attached hydrogen (secondary N) is 1. The van der Waals surface area contributed by atoms with E-state index < -0.39 is 0 Å². The fourth-order valence-electron chi connectivity index (χ4n) is 4.11. The van der Waals surface area contributed by atoms with Crippen molar-refractivity contribution in [1.82, 2.24) is 19.7 Å². The van der Waals surface area contributed by atoms with Gasteiger partial charge in [0.05, 0.1) is 0 Å². The van der Waals surface area contributed by atoms with Crippen LogP contribution < -0.4 is 5.32 Å². The Morgan fingerprint density at radius 2 is 2.08 bits per heavy atom. The summed E-state index contributed by atoms with van der Waals surface area (Å²) in [5.41, 5.74) is 2.00. The molecule has 1 aromatic carbocycles. The molecule has 4 rings (SSSR count). The number of anilines is 1. The van der Waals surface area contributed by atoms with Gasteiger partial charge in [-0.3, -0.25) is 0 Å². The summed E-state index contributed by atoms with van der Waals surface area (Å²) in [4.78, 5) is 14.6. The zero-order valence-electron chi connectivity index (χ0n) is 15.4. The van der Waals surface area contributed by atoms with E-state index in [1.54, 1.807) is 0 Å². The first-order valence-electron chi connectivity index (χ1n) is 9.75. The van der Waals surface area contributed by atoms with E-state index in [-0.39, 0.29) is 11.9 Å². The highest BCUT2D eigenvalue weighted by molar-refractivity contribution is 5.89. The second kappa shape index (κ2) is 7.48. The average Bonchev–Trinajstić information content (AvgIpc) is 2.90. The monoisotopic (exact) mass is 353 g/mol. The molecular formula is C20H27N5O. The molecule has 2 amide bonds. The third-order valence-corrected chi connectivity index (χ3v) is 5.48. The Labute approximate surface area is 154 Å². The van der Waals surface area contributed by atoms with Crippen molar-refractivity contribution in [2.24, 2.45) is 0 Å². The van der Waals surface area contributed by atoms with Crippen LogP contribution in [-0.2, 0) is 13.0 Å². The van der Waals surface area contributed by atoms with Crippen LogP contribution in [0.25, 0.3) is 0 Å². The predicted octanol–water partition coefficient (Wildman–Crippen LogP) is 3.72. The van der Waals surface area contributed by atoms with Gasteiger partial charge >= 0.3 is 6.03 Å². The quantitative estimate of drug-likeness (QED) is 0.895. The van der Waals surface area contributed by atoms with Crippen LogP contribution in [0.5, 0.6) is 0 Å². The van der Waals surface area contributed by atoms with Crippen molar-refractivity contribution in [3.8, 4) is 0 Å². The summed E-state index contributed by atoms with van der Waals surface area (Å²) in [5, 5.41) is 12.0. The van der Waals surface area contributed by atoms with Crippen LogP contribution in [0.1, 0.15) is 55.2 Å². The zero-order chi connectivity index (χ0) is 17.9. The fourth-order valence-corrected chi connectivity index (χ4v) is 4.11. The van der Waals surface area contributed by atoms with Gasteiger partial charge < -0.3 is 14.8 Å². The number of carbonyl (C=O) groups is 1. The molecule has 2 aliphatic heterocycles. The molecule has 0 spiro atoms. The lowest BCUT2D eigenvalue weighted by Gasteiger charge is -2.32. The Balaban J connectivity index is 1.46. The van der Waals surface area contributed by atoms with Crippen molar-refractivity contribution in [2.75, 3.05) is 18.4 Å².